The molecule has 0 bridgehead atoms. The first-order chi connectivity index (χ1) is 11.2. The second-order valence-corrected chi connectivity index (χ2v) is 6.06. The Morgan fingerprint density at radius 3 is 2.83 bits per heavy atom. The van der Waals surface area contributed by atoms with Crippen molar-refractivity contribution >= 4 is 28.3 Å². The van der Waals surface area contributed by atoms with Crippen LogP contribution in [-0.2, 0) is 14.3 Å². The molecule has 7 heteroatoms. The number of benzene rings is 1. The van der Waals surface area contributed by atoms with E-state index in [-0.39, 0.29) is 6.10 Å². The third kappa shape index (κ3) is 4.14. The molecule has 2 aromatic rings. The molecule has 2 amide bonds. The third-order valence-electron chi connectivity index (χ3n) is 3.51. The van der Waals surface area contributed by atoms with Gasteiger partial charge in [-0.05, 0) is 12.8 Å². The van der Waals surface area contributed by atoms with Gasteiger partial charge in [0, 0.05) is 24.1 Å². The van der Waals surface area contributed by atoms with Crippen molar-refractivity contribution in [1.82, 2.24) is 10.3 Å². The highest BCUT2D eigenvalue weighted by Crippen LogP contribution is 2.24. The van der Waals surface area contributed by atoms with Gasteiger partial charge in [-0.2, -0.15) is 0 Å². The lowest BCUT2D eigenvalue weighted by Crippen LogP contribution is -2.39. The molecule has 1 saturated heterocycles. The van der Waals surface area contributed by atoms with E-state index >= 15 is 0 Å². The number of nitrogens with zero attached hydrogens (tertiary/aromatic N) is 1. The van der Waals surface area contributed by atoms with E-state index in [4.69, 9.17) is 4.74 Å². The van der Waals surface area contributed by atoms with Crippen molar-refractivity contribution in [3.05, 3.63) is 35.7 Å². The van der Waals surface area contributed by atoms with Crippen LogP contribution in [0.4, 0.5) is 5.13 Å². The zero-order chi connectivity index (χ0) is 16.1. The van der Waals surface area contributed by atoms with E-state index in [1.807, 2.05) is 35.7 Å². The van der Waals surface area contributed by atoms with E-state index < -0.39 is 11.8 Å². The summed E-state index contributed by atoms with van der Waals surface area (Å²) in [5.41, 5.74) is 1.73. The summed E-state index contributed by atoms with van der Waals surface area (Å²) < 4.78 is 5.40. The first-order valence-electron chi connectivity index (χ1n) is 7.44. The summed E-state index contributed by atoms with van der Waals surface area (Å²) in [6, 6.07) is 9.65. The van der Waals surface area contributed by atoms with Crippen LogP contribution in [0.15, 0.2) is 35.7 Å². The van der Waals surface area contributed by atoms with Gasteiger partial charge in [0.05, 0.1) is 11.8 Å². The van der Waals surface area contributed by atoms with Gasteiger partial charge in [0.15, 0.2) is 5.13 Å². The van der Waals surface area contributed by atoms with Crippen LogP contribution < -0.4 is 10.6 Å². The van der Waals surface area contributed by atoms with E-state index in [1.165, 1.54) is 11.3 Å². The largest absolute Gasteiger partial charge is 0.376 e. The van der Waals surface area contributed by atoms with Crippen molar-refractivity contribution in [3.63, 3.8) is 0 Å². The number of hydrogen-bond donors (Lipinski definition) is 2. The van der Waals surface area contributed by atoms with Gasteiger partial charge in [-0.15, -0.1) is 11.3 Å². The highest BCUT2D eigenvalue weighted by atomic mass is 32.1. The molecule has 1 aliphatic heterocycles. The van der Waals surface area contributed by atoms with Crippen LogP contribution in [0.1, 0.15) is 12.8 Å². The number of thiazole rings is 1. The Morgan fingerprint density at radius 1 is 1.26 bits per heavy atom. The average molecular weight is 331 g/mol. The first kappa shape index (κ1) is 15.6. The standard InChI is InChI=1S/C16H17N3O3S/c20-14(17-9-12-7-4-8-22-12)15(21)19-16-18-13(10-23-16)11-5-2-1-3-6-11/h1-3,5-6,10,12H,4,7-9H2,(H,17,20)(H,18,19,21)/t12-/m1/s1. The van der Waals surface area contributed by atoms with Crippen LogP contribution in [0.5, 0.6) is 0 Å². The maximum absolute atomic E-state index is 11.9. The molecule has 0 saturated carbocycles. The number of carbonyl (C=O) groups is 2. The molecular weight excluding hydrogens is 314 g/mol. The lowest BCUT2D eigenvalue weighted by Gasteiger charge is -2.09. The smallest absolute Gasteiger partial charge is 0.315 e. The van der Waals surface area contributed by atoms with Gasteiger partial charge in [-0.25, -0.2) is 4.98 Å². The van der Waals surface area contributed by atoms with Crippen LogP contribution >= 0.6 is 11.3 Å². The van der Waals surface area contributed by atoms with Gasteiger partial charge in [0.1, 0.15) is 0 Å². The Balaban J connectivity index is 1.53. The molecule has 0 aliphatic carbocycles. The highest BCUT2D eigenvalue weighted by molar-refractivity contribution is 7.14. The van der Waals surface area contributed by atoms with Crippen molar-refractivity contribution < 1.29 is 14.3 Å². The van der Waals surface area contributed by atoms with Crippen molar-refractivity contribution in [1.29, 1.82) is 0 Å². The highest BCUT2D eigenvalue weighted by Gasteiger charge is 2.20. The van der Waals surface area contributed by atoms with Gasteiger partial charge in [-0.1, -0.05) is 30.3 Å². The third-order valence-corrected chi connectivity index (χ3v) is 4.27. The topological polar surface area (TPSA) is 80.3 Å². The molecule has 6 nitrogen and oxygen atoms in total. The van der Waals surface area contributed by atoms with Crippen molar-refractivity contribution in [2.75, 3.05) is 18.5 Å². The average Bonchev–Trinajstić information content (AvgIpc) is 3.25. The fourth-order valence-corrected chi connectivity index (χ4v) is 3.03. The molecule has 120 valence electrons. The summed E-state index contributed by atoms with van der Waals surface area (Å²) in [4.78, 5) is 28.0. The number of hydrogen-bond acceptors (Lipinski definition) is 5. The Hall–Kier alpha value is -2.25. The Kier molecular flexibility index (Phi) is 4.99. The number of amides is 2. The summed E-state index contributed by atoms with van der Waals surface area (Å²) >= 11 is 1.29. The Labute approximate surface area is 137 Å². The minimum atomic E-state index is -0.711. The zero-order valence-corrected chi connectivity index (χ0v) is 13.3. The summed E-state index contributed by atoms with van der Waals surface area (Å²) in [7, 11) is 0. The Morgan fingerprint density at radius 2 is 2.09 bits per heavy atom. The predicted octanol–water partition coefficient (Wildman–Crippen LogP) is 2.04. The van der Waals surface area contributed by atoms with Gasteiger partial charge in [0.25, 0.3) is 0 Å². The van der Waals surface area contributed by atoms with Gasteiger partial charge in [-0.3, -0.25) is 14.9 Å². The van der Waals surface area contributed by atoms with E-state index in [9.17, 15) is 9.59 Å². The van der Waals surface area contributed by atoms with Crippen LogP contribution in [0.3, 0.4) is 0 Å². The number of rotatable bonds is 4. The quantitative estimate of drug-likeness (QED) is 0.840. The molecule has 1 aromatic carbocycles. The van der Waals surface area contributed by atoms with Crippen molar-refractivity contribution in [2.24, 2.45) is 0 Å². The predicted molar refractivity (Wildman–Crippen MR) is 88.2 cm³/mol. The summed E-state index contributed by atoms with van der Waals surface area (Å²) in [6.07, 6.45) is 1.92. The zero-order valence-electron chi connectivity index (χ0n) is 12.5. The fraction of sp³-hybridized carbons (Fsp3) is 0.312. The SMILES string of the molecule is O=C(NC[C@H]1CCCO1)C(=O)Nc1nc(-c2ccccc2)cs1. The second kappa shape index (κ2) is 7.34. The van der Waals surface area contributed by atoms with Gasteiger partial charge < -0.3 is 10.1 Å². The van der Waals surface area contributed by atoms with E-state index in [0.29, 0.717) is 18.3 Å². The van der Waals surface area contributed by atoms with E-state index in [1.54, 1.807) is 0 Å². The molecule has 2 N–H and O–H groups in total. The minimum Gasteiger partial charge on any atom is -0.376 e. The van der Waals surface area contributed by atoms with Crippen LogP contribution in [-0.4, -0.2) is 36.1 Å². The number of anilines is 1. The summed E-state index contributed by atoms with van der Waals surface area (Å²) in [5, 5.41) is 7.35. The molecule has 1 aromatic heterocycles. The molecule has 3 rings (SSSR count). The normalized spacial score (nSPS) is 17.0. The van der Waals surface area contributed by atoms with Crippen LogP contribution in [0, 0.1) is 0 Å². The maximum atomic E-state index is 11.9. The van der Waals surface area contributed by atoms with E-state index in [0.717, 1.165) is 24.1 Å². The first-order valence-corrected chi connectivity index (χ1v) is 8.32. The summed E-state index contributed by atoms with van der Waals surface area (Å²) in [5.74, 6) is -1.38. The Bertz CT molecular complexity index is 681. The second-order valence-electron chi connectivity index (χ2n) is 5.20. The molecule has 2 heterocycles. The fourth-order valence-electron chi connectivity index (χ4n) is 2.32. The molecule has 0 unspecified atom stereocenters. The molecule has 1 fully saturated rings. The number of aromatic nitrogens is 1. The maximum Gasteiger partial charge on any atom is 0.315 e. The molecule has 23 heavy (non-hydrogen) atoms. The molecular formula is C16H17N3O3S. The molecule has 1 aliphatic rings. The number of nitrogens with one attached hydrogen (secondary N) is 2. The lowest BCUT2D eigenvalue weighted by atomic mass is 10.2. The van der Waals surface area contributed by atoms with Crippen molar-refractivity contribution in [3.8, 4) is 11.3 Å². The molecule has 1 atom stereocenters. The summed E-state index contributed by atoms with van der Waals surface area (Å²) in [6.45, 7) is 1.08. The number of ether oxygens (including phenoxy) is 1. The monoisotopic (exact) mass is 331 g/mol. The van der Waals surface area contributed by atoms with Crippen LogP contribution in [0.25, 0.3) is 11.3 Å². The van der Waals surface area contributed by atoms with Gasteiger partial charge in [0.2, 0.25) is 0 Å². The van der Waals surface area contributed by atoms with Crippen molar-refractivity contribution in [2.45, 2.75) is 18.9 Å². The number of carbonyl (C=O) groups excluding carboxylic acids is 2. The molecule has 0 spiro atoms. The molecule has 0 radical (unpaired) electrons. The minimum absolute atomic E-state index is 0.0105. The van der Waals surface area contributed by atoms with Crippen LogP contribution in [0.2, 0.25) is 0 Å². The lowest BCUT2D eigenvalue weighted by molar-refractivity contribution is -0.136. The van der Waals surface area contributed by atoms with Gasteiger partial charge >= 0.3 is 11.8 Å². The van der Waals surface area contributed by atoms with E-state index in [2.05, 4.69) is 15.6 Å².